The first kappa shape index (κ1) is 30.3. The average Bonchev–Trinajstić information content (AvgIpc) is 3.33. The predicted octanol–water partition coefficient (Wildman–Crippen LogP) is 4.09. The van der Waals surface area contributed by atoms with Gasteiger partial charge >= 0.3 is 11.9 Å². The number of hydrogen-bond donors (Lipinski definition) is 1. The Bertz CT molecular complexity index is 1940. The van der Waals surface area contributed by atoms with Crippen LogP contribution in [0.4, 0.5) is 0 Å². The molecule has 226 valence electrons. The van der Waals surface area contributed by atoms with E-state index in [1.807, 2.05) is 12.1 Å². The van der Waals surface area contributed by atoms with Gasteiger partial charge in [0.25, 0.3) is 5.56 Å². The van der Waals surface area contributed by atoms with Crippen LogP contribution in [-0.2, 0) is 16.1 Å². The molecule has 1 aromatic heterocycles. The summed E-state index contributed by atoms with van der Waals surface area (Å²) in [5.41, 5.74) is 2.61. The Kier molecular flexibility index (Phi) is 8.96. The molecule has 11 heteroatoms. The van der Waals surface area contributed by atoms with Crippen LogP contribution in [-0.4, -0.2) is 42.4 Å². The molecular formula is C33H30N2O8S. The number of carbonyl (C=O) groups is 2. The van der Waals surface area contributed by atoms with Gasteiger partial charge in [-0.05, 0) is 73.5 Å². The maximum atomic E-state index is 14.0. The van der Waals surface area contributed by atoms with Gasteiger partial charge in [-0.2, -0.15) is 0 Å². The van der Waals surface area contributed by atoms with Crippen molar-refractivity contribution in [3.05, 3.63) is 120 Å². The number of thiazole rings is 1. The van der Waals surface area contributed by atoms with Gasteiger partial charge in [0.2, 0.25) is 0 Å². The van der Waals surface area contributed by atoms with Crippen LogP contribution in [0.25, 0.3) is 6.08 Å². The average molecular weight is 615 g/mol. The summed E-state index contributed by atoms with van der Waals surface area (Å²) in [7, 11) is 3.06. The van der Waals surface area contributed by atoms with E-state index in [9.17, 15) is 19.5 Å². The van der Waals surface area contributed by atoms with Crippen LogP contribution in [0.5, 0.6) is 17.2 Å². The fourth-order valence-electron chi connectivity index (χ4n) is 4.91. The van der Waals surface area contributed by atoms with Gasteiger partial charge in [0.05, 0.1) is 42.2 Å². The van der Waals surface area contributed by atoms with Gasteiger partial charge in [0.15, 0.2) is 4.80 Å². The third-order valence-electron chi connectivity index (χ3n) is 7.01. The van der Waals surface area contributed by atoms with Crippen LogP contribution < -0.4 is 29.1 Å². The second-order valence-corrected chi connectivity index (χ2v) is 10.8. The number of benzene rings is 3. The number of methoxy groups -OCH3 is 2. The third kappa shape index (κ3) is 6.13. The van der Waals surface area contributed by atoms with Crippen molar-refractivity contribution in [2.75, 3.05) is 20.8 Å². The molecular weight excluding hydrogens is 584 g/mol. The van der Waals surface area contributed by atoms with Crippen molar-refractivity contribution in [2.24, 2.45) is 4.99 Å². The topological polar surface area (TPSA) is 126 Å². The molecule has 10 nitrogen and oxygen atoms in total. The molecule has 0 aliphatic carbocycles. The van der Waals surface area contributed by atoms with Crippen molar-refractivity contribution in [2.45, 2.75) is 26.5 Å². The highest BCUT2D eigenvalue weighted by molar-refractivity contribution is 7.07. The van der Waals surface area contributed by atoms with E-state index in [4.69, 9.17) is 18.9 Å². The van der Waals surface area contributed by atoms with Gasteiger partial charge in [-0.1, -0.05) is 35.6 Å². The minimum Gasteiger partial charge on any atom is -0.497 e. The maximum absolute atomic E-state index is 14.0. The number of esters is 1. The van der Waals surface area contributed by atoms with Crippen LogP contribution >= 0.6 is 11.3 Å². The molecule has 3 aromatic carbocycles. The molecule has 0 amide bonds. The third-order valence-corrected chi connectivity index (χ3v) is 7.99. The Labute approximate surface area is 256 Å². The van der Waals surface area contributed by atoms with Gasteiger partial charge in [-0.15, -0.1) is 0 Å². The molecule has 0 saturated carbocycles. The molecule has 2 heterocycles. The summed E-state index contributed by atoms with van der Waals surface area (Å²) in [5, 5.41) is 9.20. The highest BCUT2D eigenvalue weighted by Gasteiger charge is 2.35. The van der Waals surface area contributed by atoms with E-state index in [1.165, 1.54) is 36.2 Å². The molecule has 0 bridgehead atoms. The lowest BCUT2D eigenvalue weighted by molar-refractivity contribution is -0.139. The van der Waals surface area contributed by atoms with E-state index in [2.05, 4.69) is 4.99 Å². The van der Waals surface area contributed by atoms with Crippen LogP contribution in [0.15, 0.2) is 87.8 Å². The Morgan fingerprint density at radius 1 is 1.02 bits per heavy atom. The summed E-state index contributed by atoms with van der Waals surface area (Å²) in [5.74, 6) is 0.0416. The quantitative estimate of drug-likeness (QED) is 0.265. The summed E-state index contributed by atoms with van der Waals surface area (Å²) in [4.78, 5) is 43.5. The first-order valence-electron chi connectivity index (χ1n) is 13.7. The fourth-order valence-corrected chi connectivity index (χ4v) is 5.96. The second kappa shape index (κ2) is 13.0. The zero-order valence-corrected chi connectivity index (χ0v) is 25.3. The number of aromatic carboxylic acids is 1. The molecule has 1 atom stereocenters. The van der Waals surface area contributed by atoms with Gasteiger partial charge < -0.3 is 24.1 Å². The van der Waals surface area contributed by atoms with Crippen molar-refractivity contribution in [1.29, 1.82) is 0 Å². The summed E-state index contributed by atoms with van der Waals surface area (Å²) in [6.07, 6.45) is 1.76. The number of nitrogens with zero attached hydrogens (tertiary/aromatic N) is 2. The largest absolute Gasteiger partial charge is 0.497 e. The van der Waals surface area contributed by atoms with Crippen molar-refractivity contribution in [3.63, 3.8) is 0 Å². The fraction of sp³-hybridized carbons (Fsp3) is 0.212. The van der Waals surface area contributed by atoms with Crippen LogP contribution in [0.2, 0.25) is 0 Å². The van der Waals surface area contributed by atoms with Crippen molar-refractivity contribution in [3.8, 4) is 17.2 Å². The first-order valence-corrected chi connectivity index (χ1v) is 14.5. The molecule has 0 radical (unpaired) electrons. The summed E-state index contributed by atoms with van der Waals surface area (Å²) < 4.78 is 24.2. The zero-order chi connectivity index (χ0) is 31.4. The number of hydrogen-bond acceptors (Lipinski definition) is 9. The molecule has 1 aliphatic heterocycles. The SMILES string of the molecule is CCOC(=O)C1=C(C)N=c2s/c(=C\c3ccc(OCc4cccc(C(=O)O)c4)cc3)c(=O)n2[C@@H]1c1cc(OC)ccc1OC. The number of carboxylic acids is 1. The van der Waals surface area contributed by atoms with E-state index in [-0.39, 0.29) is 29.9 Å². The van der Waals surface area contributed by atoms with Gasteiger partial charge in [0, 0.05) is 5.56 Å². The lowest BCUT2D eigenvalue weighted by Gasteiger charge is -2.26. The number of rotatable bonds is 10. The van der Waals surface area contributed by atoms with E-state index >= 15 is 0 Å². The van der Waals surface area contributed by atoms with E-state index in [0.29, 0.717) is 37.8 Å². The number of carbonyl (C=O) groups excluding carboxylic acids is 1. The monoisotopic (exact) mass is 614 g/mol. The van der Waals surface area contributed by atoms with Gasteiger partial charge in [0.1, 0.15) is 29.9 Å². The zero-order valence-electron chi connectivity index (χ0n) is 24.5. The van der Waals surface area contributed by atoms with Gasteiger partial charge in [-0.25, -0.2) is 14.6 Å². The highest BCUT2D eigenvalue weighted by atomic mass is 32.1. The molecule has 4 aromatic rings. The number of allylic oxidation sites excluding steroid dienone is 1. The van der Waals surface area contributed by atoms with Crippen molar-refractivity contribution < 1.29 is 33.6 Å². The summed E-state index contributed by atoms with van der Waals surface area (Å²) in [6, 6.07) is 18.1. The Balaban J connectivity index is 1.51. The Morgan fingerprint density at radius 3 is 2.45 bits per heavy atom. The minimum absolute atomic E-state index is 0.163. The number of aromatic nitrogens is 1. The summed E-state index contributed by atoms with van der Waals surface area (Å²) in [6.45, 7) is 3.81. The molecule has 1 N–H and O–H groups in total. The van der Waals surface area contributed by atoms with Crippen LogP contribution in [0.1, 0.15) is 46.9 Å². The van der Waals surface area contributed by atoms with E-state index < -0.39 is 18.0 Å². The molecule has 0 fully saturated rings. The lowest BCUT2D eigenvalue weighted by atomic mass is 9.94. The number of fused-ring (bicyclic) bond motifs is 1. The van der Waals surface area contributed by atoms with E-state index in [1.54, 1.807) is 68.5 Å². The highest BCUT2D eigenvalue weighted by Crippen LogP contribution is 2.37. The molecule has 1 aliphatic rings. The van der Waals surface area contributed by atoms with Gasteiger partial charge in [-0.3, -0.25) is 9.36 Å². The molecule has 0 saturated heterocycles. The lowest BCUT2D eigenvalue weighted by Crippen LogP contribution is -2.40. The molecule has 44 heavy (non-hydrogen) atoms. The Morgan fingerprint density at radius 2 is 1.77 bits per heavy atom. The normalized spacial score (nSPS) is 14.5. The number of carboxylic acid groups (broad SMARTS) is 1. The van der Waals surface area contributed by atoms with Crippen LogP contribution in [0, 0.1) is 0 Å². The number of ether oxygens (including phenoxy) is 4. The smallest absolute Gasteiger partial charge is 0.338 e. The minimum atomic E-state index is -0.997. The first-order chi connectivity index (χ1) is 21.2. The van der Waals surface area contributed by atoms with Crippen LogP contribution in [0.3, 0.4) is 0 Å². The second-order valence-electron chi connectivity index (χ2n) is 9.77. The predicted molar refractivity (Wildman–Crippen MR) is 164 cm³/mol. The molecule has 5 rings (SSSR count). The van der Waals surface area contributed by atoms with E-state index in [0.717, 1.165) is 11.1 Å². The van der Waals surface area contributed by atoms with Crippen molar-refractivity contribution >= 4 is 29.4 Å². The Hall–Kier alpha value is -5.16. The molecule has 0 spiro atoms. The molecule has 0 unspecified atom stereocenters. The summed E-state index contributed by atoms with van der Waals surface area (Å²) >= 11 is 1.22. The standard InChI is InChI=1S/C33H30N2O8S/c1-5-42-32(39)28-19(2)34-33-35(29(28)25-17-24(40-3)13-14-26(25)41-4)30(36)27(44-33)16-20-9-11-23(12-10-20)43-18-21-7-6-8-22(15-21)31(37)38/h6-17,29H,5,18H2,1-4H3,(H,37,38)/b27-16-/t29-/m1/s1. The maximum Gasteiger partial charge on any atom is 0.338 e. The van der Waals surface area contributed by atoms with Crippen molar-refractivity contribution in [1.82, 2.24) is 4.57 Å².